The molecule has 1 aromatic heterocycles. The van der Waals surface area contributed by atoms with Crippen molar-refractivity contribution in [2.24, 2.45) is 0 Å². The zero-order valence-electron chi connectivity index (χ0n) is 11.4. The minimum Gasteiger partial charge on any atom is -0.454 e. The molecule has 0 N–H and O–H groups in total. The predicted molar refractivity (Wildman–Crippen MR) is 71.2 cm³/mol. The van der Waals surface area contributed by atoms with E-state index in [1.165, 1.54) is 0 Å². The van der Waals surface area contributed by atoms with Gasteiger partial charge in [0.2, 0.25) is 6.79 Å². The summed E-state index contributed by atoms with van der Waals surface area (Å²) in [5, 5.41) is 4.28. The molecule has 2 aliphatic heterocycles. The zero-order valence-corrected chi connectivity index (χ0v) is 11.4. The molecule has 3 heterocycles. The largest absolute Gasteiger partial charge is 0.454 e. The lowest BCUT2D eigenvalue weighted by Crippen LogP contribution is -2.25. The maximum atomic E-state index is 5.68. The van der Waals surface area contributed by atoms with Crippen LogP contribution in [0, 0.1) is 0 Å². The van der Waals surface area contributed by atoms with Crippen LogP contribution in [0.1, 0.15) is 17.5 Å². The van der Waals surface area contributed by atoms with Crippen molar-refractivity contribution in [2.75, 3.05) is 26.6 Å². The van der Waals surface area contributed by atoms with Crippen molar-refractivity contribution < 1.29 is 18.9 Å². The average molecular weight is 289 g/mol. The predicted octanol–water partition coefficient (Wildman–Crippen LogP) is 1.14. The first kappa shape index (κ1) is 12.6. The molecule has 0 aliphatic carbocycles. The molecule has 7 heteroatoms. The Morgan fingerprint density at radius 3 is 3.05 bits per heavy atom. The van der Waals surface area contributed by atoms with E-state index in [-0.39, 0.29) is 12.9 Å². The van der Waals surface area contributed by atoms with Crippen molar-refractivity contribution in [1.82, 2.24) is 14.8 Å². The molecular formula is C14H15N3O4. The third-order valence-corrected chi connectivity index (χ3v) is 3.52. The van der Waals surface area contributed by atoms with E-state index in [0.717, 1.165) is 22.9 Å². The molecule has 2 aromatic rings. The first-order valence-corrected chi connectivity index (χ1v) is 6.86. The number of nitrogens with zero attached hydrogens (tertiary/aromatic N) is 3. The number of rotatable bonds is 3. The number of benzene rings is 1. The van der Waals surface area contributed by atoms with Crippen LogP contribution in [0.5, 0.6) is 11.5 Å². The minimum absolute atomic E-state index is 0.157. The van der Waals surface area contributed by atoms with Gasteiger partial charge < -0.3 is 18.9 Å². The fourth-order valence-electron chi connectivity index (χ4n) is 2.49. The summed E-state index contributed by atoms with van der Waals surface area (Å²) < 4.78 is 23.6. The van der Waals surface area contributed by atoms with Gasteiger partial charge in [-0.1, -0.05) is 6.07 Å². The van der Waals surface area contributed by atoms with E-state index in [2.05, 4.69) is 10.1 Å². The Morgan fingerprint density at radius 1 is 1.19 bits per heavy atom. The summed E-state index contributed by atoms with van der Waals surface area (Å²) in [5.41, 5.74) is 1.07. The first-order chi connectivity index (χ1) is 10.4. The van der Waals surface area contributed by atoms with E-state index in [4.69, 9.17) is 18.9 Å². The van der Waals surface area contributed by atoms with E-state index in [9.17, 15) is 0 Å². The smallest absolute Gasteiger partial charge is 0.231 e. The maximum Gasteiger partial charge on any atom is 0.231 e. The van der Waals surface area contributed by atoms with Gasteiger partial charge in [0.25, 0.3) is 0 Å². The van der Waals surface area contributed by atoms with E-state index in [1.807, 2.05) is 22.9 Å². The van der Waals surface area contributed by atoms with Gasteiger partial charge in [0.1, 0.15) is 12.4 Å². The molecule has 1 fully saturated rings. The number of hydrogen-bond acceptors (Lipinski definition) is 6. The fourth-order valence-corrected chi connectivity index (χ4v) is 2.49. The summed E-state index contributed by atoms with van der Waals surface area (Å²) in [7, 11) is 0. The van der Waals surface area contributed by atoms with Crippen LogP contribution < -0.4 is 9.47 Å². The summed E-state index contributed by atoms with van der Waals surface area (Å²) in [5.74, 6) is 2.33. The van der Waals surface area contributed by atoms with Gasteiger partial charge in [-0.2, -0.15) is 5.10 Å². The molecule has 0 radical (unpaired) electrons. The van der Waals surface area contributed by atoms with Crippen LogP contribution in [0.2, 0.25) is 0 Å². The number of hydrogen-bond donors (Lipinski definition) is 0. The average Bonchev–Trinajstić information content (AvgIpc) is 3.16. The second-order valence-corrected chi connectivity index (χ2v) is 4.90. The molecule has 0 saturated carbocycles. The summed E-state index contributed by atoms with van der Waals surface area (Å²) in [4.78, 5) is 4.30. The molecule has 7 nitrogen and oxygen atoms in total. The first-order valence-electron chi connectivity index (χ1n) is 6.86. The van der Waals surface area contributed by atoms with Crippen molar-refractivity contribution in [3.63, 3.8) is 0 Å². The van der Waals surface area contributed by atoms with Gasteiger partial charge in [-0.15, -0.1) is 0 Å². The van der Waals surface area contributed by atoms with Crippen LogP contribution in [-0.4, -0.2) is 41.4 Å². The minimum atomic E-state index is -0.157. The van der Waals surface area contributed by atoms with Crippen LogP contribution in [0.15, 0.2) is 24.5 Å². The number of aromatic nitrogens is 3. The quantitative estimate of drug-likeness (QED) is 0.844. The van der Waals surface area contributed by atoms with E-state index in [0.29, 0.717) is 26.4 Å². The summed E-state index contributed by atoms with van der Waals surface area (Å²) in [6.45, 7) is 2.61. The van der Waals surface area contributed by atoms with E-state index >= 15 is 0 Å². The third kappa shape index (κ3) is 2.45. The Hall–Kier alpha value is -2.12. The van der Waals surface area contributed by atoms with Crippen molar-refractivity contribution in [3.8, 4) is 11.5 Å². The van der Waals surface area contributed by atoms with Gasteiger partial charge in [0, 0.05) is 0 Å². The molecular weight excluding hydrogens is 274 g/mol. The summed E-state index contributed by atoms with van der Waals surface area (Å²) in [6.07, 6.45) is 1.38. The highest BCUT2D eigenvalue weighted by molar-refractivity contribution is 5.44. The molecule has 2 aliphatic rings. The summed E-state index contributed by atoms with van der Waals surface area (Å²) in [6, 6.07) is 5.87. The normalized spacial score (nSPS) is 20.7. The van der Waals surface area contributed by atoms with Gasteiger partial charge in [0.15, 0.2) is 17.3 Å². The molecule has 0 unspecified atom stereocenters. The third-order valence-electron chi connectivity index (χ3n) is 3.52. The molecule has 0 spiro atoms. The Balaban J connectivity index is 1.56. The molecule has 21 heavy (non-hydrogen) atoms. The van der Waals surface area contributed by atoms with Crippen molar-refractivity contribution in [1.29, 1.82) is 0 Å². The van der Waals surface area contributed by atoms with Crippen molar-refractivity contribution in [3.05, 3.63) is 35.9 Å². The SMILES string of the molecule is c1nc([C@H]2COCCO2)n(Cc2ccc3c(c2)OCO3)n1. The lowest BCUT2D eigenvalue weighted by Gasteiger charge is -2.22. The van der Waals surface area contributed by atoms with Gasteiger partial charge in [-0.25, -0.2) is 9.67 Å². The number of fused-ring (bicyclic) bond motifs is 1. The Morgan fingerprint density at radius 2 is 2.14 bits per heavy atom. The number of ether oxygens (including phenoxy) is 4. The molecule has 1 saturated heterocycles. The Labute approximate surface area is 121 Å². The molecule has 110 valence electrons. The Kier molecular flexibility index (Phi) is 3.21. The second-order valence-electron chi connectivity index (χ2n) is 4.90. The highest BCUT2D eigenvalue weighted by Crippen LogP contribution is 2.32. The van der Waals surface area contributed by atoms with Gasteiger partial charge in [0.05, 0.1) is 26.4 Å². The zero-order chi connectivity index (χ0) is 14.1. The molecule has 0 amide bonds. The van der Waals surface area contributed by atoms with Crippen molar-refractivity contribution >= 4 is 0 Å². The Bertz CT molecular complexity index is 637. The van der Waals surface area contributed by atoms with Crippen LogP contribution in [0.3, 0.4) is 0 Å². The second kappa shape index (κ2) is 5.34. The highest BCUT2D eigenvalue weighted by atomic mass is 16.7. The maximum absolute atomic E-state index is 5.68. The molecule has 1 atom stereocenters. The van der Waals surface area contributed by atoms with Crippen molar-refractivity contribution in [2.45, 2.75) is 12.6 Å². The van der Waals surface area contributed by atoms with Crippen LogP contribution in [-0.2, 0) is 16.0 Å². The highest BCUT2D eigenvalue weighted by Gasteiger charge is 2.22. The standard InChI is InChI=1S/C14H15N3O4/c1-2-11-12(21-9-20-11)5-10(1)6-17-14(15-8-16-17)13-7-18-3-4-19-13/h1-2,5,8,13H,3-4,6-7,9H2/t13-/m1/s1. The van der Waals surface area contributed by atoms with Gasteiger partial charge >= 0.3 is 0 Å². The monoisotopic (exact) mass is 289 g/mol. The van der Waals surface area contributed by atoms with Crippen LogP contribution in [0.4, 0.5) is 0 Å². The van der Waals surface area contributed by atoms with Gasteiger partial charge in [-0.3, -0.25) is 0 Å². The topological polar surface area (TPSA) is 67.6 Å². The summed E-state index contributed by atoms with van der Waals surface area (Å²) >= 11 is 0. The van der Waals surface area contributed by atoms with Crippen LogP contribution >= 0.6 is 0 Å². The van der Waals surface area contributed by atoms with Crippen LogP contribution in [0.25, 0.3) is 0 Å². The molecule has 4 rings (SSSR count). The van der Waals surface area contributed by atoms with Gasteiger partial charge in [-0.05, 0) is 17.7 Å². The van der Waals surface area contributed by atoms with E-state index < -0.39 is 0 Å². The lowest BCUT2D eigenvalue weighted by molar-refractivity contribution is -0.0948. The molecule has 0 bridgehead atoms. The fraction of sp³-hybridized carbons (Fsp3) is 0.429. The van der Waals surface area contributed by atoms with E-state index in [1.54, 1.807) is 6.33 Å². The molecule has 1 aromatic carbocycles. The lowest BCUT2D eigenvalue weighted by atomic mass is 10.2.